The van der Waals surface area contributed by atoms with E-state index >= 15 is 0 Å². The van der Waals surface area contributed by atoms with Gasteiger partial charge in [0.15, 0.2) is 6.20 Å². The van der Waals surface area contributed by atoms with E-state index in [2.05, 4.69) is 73.9 Å². The average molecular weight is 359 g/mol. The van der Waals surface area contributed by atoms with Gasteiger partial charge in [-0.15, -0.1) is 0 Å². The Kier molecular flexibility index (Phi) is 3.53. The molecule has 0 N–H and O–H groups in total. The molecule has 0 saturated carbocycles. The zero-order valence-corrected chi connectivity index (χ0v) is 16.3. The summed E-state index contributed by atoms with van der Waals surface area (Å²) in [5, 5.41) is 1.20. The summed E-state index contributed by atoms with van der Waals surface area (Å²) in [7, 11) is 1.92. The molecule has 0 aliphatic heterocycles. The van der Waals surface area contributed by atoms with E-state index < -0.39 is 6.85 Å². The molecule has 27 heavy (non-hydrogen) atoms. The molecule has 2 heteroatoms. The Balaban J connectivity index is 2.08. The summed E-state index contributed by atoms with van der Waals surface area (Å²) >= 11 is 0. The Morgan fingerprint density at radius 3 is 2.44 bits per heavy atom. The normalized spacial score (nSPS) is 13.6. The van der Waals surface area contributed by atoms with Crippen molar-refractivity contribution >= 4 is 10.9 Å². The second-order valence-corrected chi connectivity index (χ2v) is 7.45. The maximum absolute atomic E-state index is 7.74. The fraction of sp³-hybridized carbons (Fsp3) is 0.240. The van der Waals surface area contributed by atoms with E-state index in [4.69, 9.17) is 4.11 Å². The van der Waals surface area contributed by atoms with Crippen LogP contribution in [0, 0.1) is 13.8 Å². The summed E-state index contributed by atoms with van der Waals surface area (Å²) in [5.41, 5.74) is 7.18. The van der Waals surface area contributed by atoms with Crippen LogP contribution in [0.3, 0.4) is 0 Å². The van der Waals surface area contributed by atoms with Crippen LogP contribution in [0.1, 0.15) is 40.6 Å². The van der Waals surface area contributed by atoms with Crippen LogP contribution in [0.25, 0.3) is 28.0 Å². The van der Waals surface area contributed by atoms with Crippen molar-refractivity contribution in [3.05, 3.63) is 83.6 Å². The van der Waals surface area contributed by atoms with Crippen molar-refractivity contribution in [3.8, 4) is 17.1 Å². The van der Waals surface area contributed by atoms with Gasteiger partial charge < -0.3 is 4.57 Å². The van der Waals surface area contributed by atoms with Crippen molar-refractivity contribution in [2.45, 2.75) is 33.5 Å². The van der Waals surface area contributed by atoms with Crippen LogP contribution in [0.5, 0.6) is 0 Å². The number of nitrogens with zero attached hydrogens (tertiary/aromatic N) is 2. The second-order valence-electron chi connectivity index (χ2n) is 7.45. The van der Waals surface area contributed by atoms with Gasteiger partial charge in [-0.1, -0.05) is 50.2 Å². The fourth-order valence-electron chi connectivity index (χ4n) is 3.99. The molecule has 0 unspecified atom stereocenters. The highest BCUT2D eigenvalue weighted by Gasteiger charge is 2.24. The van der Waals surface area contributed by atoms with Crippen LogP contribution in [0.15, 0.2) is 66.9 Å². The van der Waals surface area contributed by atoms with Crippen LogP contribution in [0.2, 0.25) is 0 Å². The average Bonchev–Trinajstić information content (AvgIpc) is 3.00. The zero-order valence-electron chi connectivity index (χ0n) is 19.3. The number of aromatic nitrogens is 2. The lowest BCUT2D eigenvalue weighted by molar-refractivity contribution is -0.660. The van der Waals surface area contributed by atoms with Gasteiger partial charge in [-0.05, 0) is 49.0 Å². The Labute approximate surface area is 165 Å². The molecule has 0 spiro atoms. The molecule has 0 bridgehead atoms. The molecule has 0 saturated heterocycles. The van der Waals surface area contributed by atoms with E-state index in [1.807, 2.05) is 17.7 Å². The maximum atomic E-state index is 7.74. The molecule has 136 valence electrons. The molecule has 0 aliphatic rings. The highest BCUT2D eigenvalue weighted by molar-refractivity contribution is 5.92. The number of para-hydroxylation sites is 2. The van der Waals surface area contributed by atoms with E-state index in [0.29, 0.717) is 11.5 Å². The molecule has 0 radical (unpaired) electrons. The van der Waals surface area contributed by atoms with Crippen molar-refractivity contribution in [3.63, 3.8) is 0 Å². The lowest BCUT2D eigenvalue weighted by Gasteiger charge is -2.17. The Bertz CT molecular complexity index is 1230. The van der Waals surface area contributed by atoms with E-state index in [1.54, 1.807) is 12.3 Å². The third-order valence-electron chi connectivity index (χ3n) is 5.30. The van der Waals surface area contributed by atoms with Gasteiger partial charge in [0.05, 0.1) is 5.52 Å². The van der Waals surface area contributed by atoms with Crippen LogP contribution in [-0.4, -0.2) is 4.57 Å². The topological polar surface area (TPSA) is 8.81 Å². The standard InChI is InChI=1S/C25H27N2/c1-17(2)20-10-6-8-12-22(20)27-23-13-9-7-11-21(23)19(4)25(27)24-15-14-18(3)16-26(24)5/h6-17H,1-5H3/q+1/i3D3. The van der Waals surface area contributed by atoms with Gasteiger partial charge >= 0.3 is 0 Å². The first kappa shape index (κ1) is 14.2. The van der Waals surface area contributed by atoms with Crippen molar-refractivity contribution in [1.29, 1.82) is 0 Å². The van der Waals surface area contributed by atoms with Crippen molar-refractivity contribution in [1.82, 2.24) is 4.57 Å². The van der Waals surface area contributed by atoms with Gasteiger partial charge in [-0.2, -0.15) is 4.57 Å². The van der Waals surface area contributed by atoms with Gasteiger partial charge in [0.25, 0.3) is 0 Å². The van der Waals surface area contributed by atoms with Gasteiger partial charge in [0.2, 0.25) is 5.69 Å². The SMILES string of the molecule is [2H]C([2H])([2H])c1ccc(-c2c(C)c3ccccc3n2-c2ccccc2C(C)C)[n+](C)c1. The van der Waals surface area contributed by atoms with Crippen LogP contribution in [0.4, 0.5) is 0 Å². The lowest BCUT2D eigenvalue weighted by atomic mass is 10.0. The number of rotatable bonds is 3. The molecule has 2 aromatic heterocycles. The van der Waals surface area contributed by atoms with Crippen LogP contribution >= 0.6 is 0 Å². The number of hydrogen-bond acceptors (Lipinski definition) is 0. The summed E-state index contributed by atoms with van der Waals surface area (Å²) in [4.78, 5) is 0. The predicted octanol–water partition coefficient (Wildman–Crippen LogP) is 5.86. The minimum atomic E-state index is -2.12. The maximum Gasteiger partial charge on any atom is 0.229 e. The minimum absolute atomic E-state index is 0.344. The third kappa shape index (κ3) is 2.86. The first-order valence-corrected chi connectivity index (χ1v) is 9.40. The monoisotopic (exact) mass is 358 g/mol. The fourth-order valence-corrected chi connectivity index (χ4v) is 3.99. The van der Waals surface area contributed by atoms with Crippen molar-refractivity contribution in [2.75, 3.05) is 0 Å². The molecule has 4 rings (SSSR count). The molecule has 0 amide bonds. The molecule has 4 aromatic rings. The Hall–Kier alpha value is -2.87. The molecular weight excluding hydrogens is 328 g/mol. The first-order valence-electron chi connectivity index (χ1n) is 10.9. The Morgan fingerprint density at radius 1 is 0.963 bits per heavy atom. The molecule has 0 atom stereocenters. The summed E-state index contributed by atoms with van der Waals surface area (Å²) < 4.78 is 27.5. The van der Waals surface area contributed by atoms with Gasteiger partial charge in [-0.25, -0.2) is 0 Å². The number of hydrogen-bond donors (Lipinski definition) is 0. The highest BCUT2D eigenvalue weighted by atomic mass is 15.0. The van der Waals surface area contributed by atoms with Gasteiger partial charge in [0.1, 0.15) is 12.7 Å². The molecule has 2 heterocycles. The first-order chi connectivity index (χ1) is 14.2. The minimum Gasteiger partial charge on any atom is -0.304 e. The highest BCUT2D eigenvalue weighted by Crippen LogP contribution is 2.36. The number of fused-ring (bicyclic) bond motifs is 1. The summed E-state index contributed by atoms with van der Waals surface area (Å²) in [6.45, 7) is 4.44. The van der Waals surface area contributed by atoms with E-state index in [-0.39, 0.29) is 0 Å². The third-order valence-corrected chi connectivity index (χ3v) is 5.30. The van der Waals surface area contributed by atoms with E-state index in [0.717, 1.165) is 22.6 Å². The molecule has 2 aromatic carbocycles. The Morgan fingerprint density at radius 2 is 1.70 bits per heavy atom. The zero-order chi connectivity index (χ0) is 21.6. The van der Waals surface area contributed by atoms with Crippen molar-refractivity contribution in [2.24, 2.45) is 7.05 Å². The van der Waals surface area contributed by atoms with E-state index in [1.165, 1.54) is 16.5 Å². The summed E-state index contributed by atoms with van der Waals surface area (Å²) in [5.74, 6) is 0.377. The largest absolute Gasteiger partial charge is 0.304 e. The summed E-state index contributed by atoms with van der Waals surface area (Å²) in [6, 6.07) is 20.6. The van der Waals surface area contributed by atoms with Gasteiger partial charge in [-0.3, -0.25) is 0 Å². The molecular formula is C25H27N2+. The number of benzene rings is 2. The second kappa shape index (κ2) is 6.70. The van der Waals surface area contributed by atoms with E-state index in [9.17, 15) is 0 Å². The van der Waals surface area contributed by atoms with Crippen LogP contribution < -0.4 is 4.57 Å². The molecule has 0 aliphatic carbocycles. The van der Waals surface area contributed by atoms with Gasteiger partial charge in [0, 0.05) is 26.8 Å². The lowest BCUT2D eigenvalue weighted by Crippen LogP contribution is -2.31. The predicted molar refractivity (Wildman–Crippen MR) is 113 cm³/mol. The smallest absolute Gasteiger partial charge is 0.229 e. The number of pyridine rings is 1. The van der Waals surface area contributed by atoms with Crippen molar-refractivity contribution < 1.29 is 8.68 Å². The van der Waals surface area contributed by atoms with Crippen LogP contribution in [-0.2, 0) is 7.05 Å². The summed E-state index contributed by atoms with van der Waals surface area (Å²) in [6.07, 6.45) is 1.72. The number of aryl methyl sites for hydroxylation is 3. The molecule has 0 fully saturated rings. The quantitative estimate of drug-likeness (QED) is 0.405. The molecule has 2 nitrogen and oxygen atoms in total.